The topological polar surface area (TPSA) is 73.1 Å². The summed E-state index contributed by atoms with van der Waals surface area (Å²) in [6, 6.07) is 14.3. The van der Waals surface area contributed by atoms with E-state index in [0.29, 0.717) is 11.5 Å². The molecule has 2 aromatic carbocycles. The maximum Gasteiger partial charge on any atom is 0.251 e. The van der Waals surface area contributed by atoms with Crippen LogP contribution in [-0.2, 0) is 0 Å². The molecule has 0 unspecified atom stereocenters. The molecule has 0 bridgehead atoms. The van der Waals surface area contributed by atoms with Crippen LogP contribution in [0.4, 0.5) is 0 Å². The Kier molecular flexibility index (Phi) is 7.21. The number of phenols is 1. The average molecular weight is 427 g/mol. The maximum atomic E-state index is 12.4. The van der Waals surface area contributed by atoms with Gasteiger partial charge in [-0.15, -0.1) is 0 Å². The largest absolute Gasteiger partial charge is 0.508 e. The molecule has 0 heterocycles. The van der Waals surface area contributed by atoms with Gasteiger partial charge < -0.3 is 10.4 Å². The number of hydrogen-bond donors (Lipinski definition) is 2. The summed E-state index contributed by atoms with van der Waals surface area (Å²) in [5.41, 5.74) is 2.78. The van der Waals surface area contributed by atoms with E-state index in [-0.39, 0.29) is 33.6 Å². The molecule has 160 valence electrons. The zero-order valence-corrected chi connectivity index (χ0v) is 19.3. The number of benzene rings is 2. The van der Waals surface area contributed by atoms with Gasteiger partial charge >= 0.3 is 0 Å². The van der Waals surface area contributed by atoms with Crippen LogP contribution in [0.1, 0.15) is 75.4 Å². The van der Waals surface area contributed by atoms with Crippen LogP contribution < -0.4 is 5.32 Å². The van der Waals surface area contributed by atoms with Crippen LogP contribution in [0.5, 0.6) is 5.75 Å². The van der Waals surface area contributed by atoms with Gasteiger partial charge in [-0.25, -0.2) is 0 Å². The van der Waals surface area contributed by atoms with Gasteiger partial charge in [-0.3, -0.25) is 4.79 Å². The quantitative estimate of drug-likeness (QED) is 0.606. The van der Waals surface area contributed by atoms with E-state index in [1.165, 1.54) is 23.8 Å². The number of phenolic OH excluding ortho intramolecular Hbond substituents is 1. The van der Waals surface area contributed by atoms with Gasteiger partial charge in [0, 0.05) is 11.6 Å². The summed E-state index contributed by atoms with van der Waals surface area (Å²) in [6.45, 7) is 13.2. The molecule has 1 aliphatic rings. The van der Waals surface area contributed by atoms with Crippen LogP contribution in [0.15, 0.2) is 42.5 Å². The number of amides is 1. The Bertz CT molecular complexity index is 927. The highest BCUT2D eigenvalue weighted by atomic mass is 35.5. The second-order valence-electron chi connectivity index (χ2n) is 9.61. The molecule has 0 spiro atoms. The molecular weight excluding hydrogens is 396 g/mol. The Morgan fingerprint density at radius 3 is 2.13 bits per heavy atom. The molecule has 2 aromatic rings. The lowest BCUT2D eigenvalue weighted by atomic mass is 9.52. The van der Waals surface area contributed by atoms with Gasteiger partial charge in [-0.05, 0) is 59.1 Å². The zero-order valence-electron chi connectivity index (χ0n) is 18.6. The van der Waals surface area contributed by atoms with E-state index in [9.17, 15) is 4.79 Å². The maximum absolute atomic E-state index is 12.4. The molecule has 5 heteroatoms. The van der Waals surface area contributed by atoms with Gasteiger partial charge in [0.15, 0.2) is 0 Å². The van der Waals surface area contributed by atoms with Gasteiger partial charge in [-0.2, -0.15) is 5.26 Å². The third-order valence-corrected chi connectivity index (χ3v) is 5.97. The summed E-state index contributed by atoms with van der Waals surface area (Å²) >= 11 is 5.55. The van der Waals surface area contributed by atoms with E-state index in [2.05, 4.69) is 59.0 Å². The molecule has 1 saturated carbocycles. The number of nitrogens with one attached hydrogen (secondary N) is 1. The molecule has 4 nitrogen and oxygen atoms in total. The lowest BCUT2D eigenvalue weighted by Gasteiger charge is -2.57. The van der Waals surface area contributed by atoms with Crippen LogP contribution in [0, 0.1) is 22.2 Å². The van der Waals surface area contributed by atoms with Crippen molar-refractivity contribution in [1.29, 1.82) is 5.26 Å². The predicted octanol–water partition coefficient (Wildman–Crippen LogP) is 6.28. The van der Waals surface area contributed by atoms with Crippen molar-refractivity contribution in [3.8, 4) is 11.8 Å². The standard InChI is InChI=1S/C18H27NO.C7H4ClNO/c1-12(2)13-7-9-14(10-8-13)15(20)19-16-17(3,4)11-18(16,5)6;8-7-3-6(10)2-1-5(7)4-9/h7-10,12,16H,11H2,1-6H3,(H,19,20);1-3,10H. The van der Waals surface area contributed by atoms with E-state index in [1.54, 1.807) is 0 Å². The first kappa shape index (κ1) is 23.8. The summed E-state index contributed by atoms with van der Waals surface area (Å²) in [5.74, 6) is 0.617. The number of aromatic hydroxyl groups is 1. The lowest BCUT2D eigenvalue weighted by molar-refractivity contribution is -0.0366. The monoisotopic (exact) mass is 426 g/mol. The molecular formula is C25H31ClN2O2. The second kappa shape index (κ2) is 9.10. The second-order valence-corrected chi connectivity index (χ2v) is 10.0. The number of rotatable bonds is 3. The fourth-order valence-electron chi connectivity index (χ4n) is 4.52. The number of nitriles is 1. The van der Waals surface area contributed by atoms with Gasteiger partial charge in [-0.1, -0.05) is 65.3 Å². The normalized spacial score (nSPS) is 16.6. The highest BCUT2D eigenvalue weighted by Crippen LogP contribution is 2.53. The van der Waals surface area contributed by atoms with Gasteiger partial charge in [0.1, 0.15) is 11.8 Å². The Hall–Kier alpha value is -2.51. The first-order valence-corrected chi connectivity index (χ1v) is 10.5. The fourth-order valence-corrected chi connectivity index (χ4v) is 4.74. The fraction of sp³-hybridized carbons (Fsp3) is 0.440. The molecule has 0 atom stereocenters. The number of hydrogen-bond acceptors (Lipinski definition) is 3. The smallest absolute Gasteiger partial charge is 0.251 e. The van der Waals surface area contributed by atoms with Crippen LogP contribution in [0.25, 0.3) is 0 Å². The third-order valence-electron chi connectivity index (χ3n) is 5.66. The number of nitrogens with zero attached hydrogens (tertiary/aromatic N) is 1. The van der Waals surface area contributed by atoms with E-state index in [1.807, 2.05) is 18.2 Å². The minimum atomic E-state index is 0.0474. The highest BCUT2D eigenvalue weighted by molar-refractivity contribution is 6.31. The molecule has 2 N–H and O–H groups in total. The minimum absolute atomic E-state index is 0.0474. The van der Waals surface area contributed by atoms with Crippen molar-refractivity contribution >= 4 is 17.5 Å². The lowest BCUT2D eigenvalue weighted by Crippen LogP contribution is -2.63. The zero-order chi connectivity index (χ0) is 22.7. The van der Waals surface area contributed by atoms with Gasteiger partial charge in [0.05, 0.1) is 10.6 Å². The summed E-state index contributed by atoms with van der Waals surface area (Å²) in [4.78, 5) is 12.4. The molecule has 0 radical (unpaired) electrons. The summed E-state index contributed by atoms with van der Waals surface area (Å²) < 4.78 is 0. The van der Waals surface area contributed by atoms with Crippen molar-refractivity contribution in [2.45, 2.75) is 59.9 Å². The Morgan fingerprint density at radius 2 is 1.70 bits per heavy atom. The van der Waals surface area contributed by atoms with Crippen LogP contribution in [0.2, 0.25) is 5.02 Å². The van der Waals surface area contributed by atoms with Crippen LogP contribution in [-0.4, -0.2) is 17.1 Å². The molecule has 0 aromatic heterocycles. The van der Waals surface area contributed by atoms with Crippen molar-refractivity contribution in [2.24, 2.45) is 10.8 Å². The van der Waals surface area contributed by atoms with E-state index < -0.39 is 0 Å². The van der Waals surface area contributed by atoms with E-state index in [0.717, 1.165) is 12.0 Å². The van der Waals surface area contributed by atoms with Gasteiger partial charge in [0.2, 0.25) is 0 Å². The molecule has 1 fully saturated rings. The summed E-state index contributed by atoms with van der Waals surface area (Å²) in [7, 11) is 0. The average Bonchev–Trinajstić information content (AvgIpc) is 2.65. The number of carbonyl (C=O) groups excluding carboxylic acids is 1. The molecule has 30 heavy (non-hydrogen) atoms. The van der Waals surface area contributed by atoms with Crippen molar-refractivity contribution in [3.63, 3.8) is 0 Å². The summed E-state index contributed by atoms with van der Waals surface area (Å²) in [5, 5.41) is 20.7. The van der Waals surface area contributed by atoms with Crippen molar-refractivity contribution < 1.29 is 9.90 Å². The molecule has 1 amide bonds. The first-order valence-electron chi connectivity index (χ1n) is 10.2. The Morgan fingerprint density at radius 1 is 1.13 bits per heavy atom. The minimum Gasteiger partial charge on any atom is -0.508 e. The first-order chi connectivity index (χ1) is 13.9. The SMILES string of the molecule is CC(C)c1ccc(C(=O)NC2C(C)(C)CC2(C)C)cc1.N#Cc1ccc(O)cc1Cl. The molecule has 3 rings (SSSR count). The highest BCUT2D eigenvalue weighted by Gasteiger charge is 2.53. The Labute approximate surface area is 184 Å². The number of halogens is 1. The summed E-state index contributed by atoms with van der Waals surface area (Å²) in [6.07, 6.45) is 1.15. The molecule has 0 aliphatic heterocycles. The van der Waals surface area contributed by atoms with E-state index >= 15 is 0 Å². The van der Waals surface area contributed by atoms with Crippen LogP contribution >= 0.6 is 11.6 Å². The number of carbonyl (C=O) groups is 1. The third kappa shape index (κ3) is 5.55. The Balaban J connectivity index is 0.000000269. The molecule has 0 saturated heterocycles. The van der Waals surface area contributed by atoms with Crippen molar-refractivity contribution in [3.05, 3.63) is 64.2 Å². The van der Waals surface area contributed by atoms with Crippen LogP contribution in [0.3, 0.4) is 0 Å². The predicted molar refractivity (Wildman–Crippen MR) is 122 cm³/mol. The van der Waals surface area contributed by atoms with Gasteiger partial charge in [0.25, 0.3) is 5.91 Å². The van der Waals surface area contributed by atoms with Crippen molar-refractivity contribution in [2.75, 3.05) is 0 Å². The molecule has 1 aliphatic carbocycles. The van der Waals surface area contributed by atoms with Crippen molar-refractivity contribution in [1.82, 2.24) is 5.32 Å². The van der Waals surface area contributed by atoms with E-state index in [4.69, 9.17) is 22.0 Å².